The van der Waals surface area contributed by atoms with E-state index in [1.54, 1.807) is 0 Å². The molecule has 0 aliphatic heterocycles. The Kier molecular flexibility index (Phi) is 3.80. The highest BCUT2D eigenvalue weighted by Crippen LogP contribution is 2.26. The number of aliphatic hydroxyl groups is 1. The molecule has 1 aliphatic rings. The summed E-state index contributed by atoms with van der Waals surface area (Å²) in [7, 11) is 0. The zero-order chi connectivity index (χ0) is 11.4. The van der Waals surface area contributed by atoms with Crippen molar-refractivity contribution in [2.45, 2.75) is 31.8 Å². The number of rotatable bonds is 5. The molecular formula is C13H19NO2. The van der Waals surface area contributed by atoms with Crippen LogP contribution in [-0.4, -0.2) is 24.4 Å². The predicted molar refractivity (Wildman–Crippen MR) is 63.6 cm³/mol. The van der Waals surface area contributed by atoms with Crippen molar-refractivity contribution in [3.8, 4) is 5.75 Å². The van der Waals surface area contributed by atoms with Gasteiger partial charge in [-0.15, -0.1) is 0 Å². The lowest BCUT2D eigenvalue weighted by Crippen LogP contribution is -2.21. The van der Waals surface area contributed by atoms with Crippen molar-refractivity contribution in [3.05, 3.63) is 29.3 Å². The Hall–Kier alpha value is -1.06. The molecule has 1 aromatic carbocycles. The van der Waals surface area contributed by atoms with E-state index in [-0.39, 0.29) is 0 Å². The second-order valence-electron chi connectivity index (χ2n) is 4.33. The van der Waals surface area contributed by atoms with Gasteiger partial charge in [0.15, 0.2) is 0 Å². The Morgan fingerprint density at radius 1 is 1.31 bits per heavy atom. The minimum atomic E-state index is -0.460. The minimum Gasteiger partial charge on any atom is -0.491 e. The van der Waals surface area contributed by atoms with Gasteiger partial charge in [0.1, 0.15) is 12.4 Å². The van der Waals surface area contributed by atoms with Crippen LogP contribution in [0.1, 0.15) is 24.0 Å². The lowest BCUT2D eigenvalue weighted by atomic mass is 10.1. The van der Waals surface area contributed by atoms with Crippen LogP contribution in [0, 0.1) is 0 Å². The molecule has 0 saturated carbocycles. The van der Waals surface area contributed by atoms with E-state index in [1.165, 1.54) is 24.0 Å². The van der Waals surface area contributed by atoms with Crippen LogP contribution in [0.25, 0.3) is 0 Å². The number of hydrogen-bond donors (Lipinski definition) is 2. The lowest BCUT2D eigenvalue weighted by Gasteiger charge is -2.12. The van der Waals surface area contributed by atoms with Gasteiger partial charge in [0.25, 0.3) is 0 Å². The Morgan fingerprint density at radius 2 is 2.12 bits per heavy atom. The summed E-state index contributed by atoms with van der Waals surface area (Å²) in [5, 5.41) is 9.50. The van der Waals surface area contributed by atoms with Gasteiger partial charge in [-0.1, -0.05) is 6.07 Å². The monoisotopic (exact) mass is 221 g/mol. The molecule has 0 radical (unpaired) electrons. The number of hydrogen-bond acceptors (Lipinski definition) is 3. The number of nitrogens with two attached hydrogens (primary N) is 1. The van der Waals surface area contributed by atoms with Gasteiger partial charge >= 0.3 is 0 Å². The fourth-order valence-corrected chi connectivity index (χ4v) is 2.11. The number of ether oxygens (including phenoxy) is 1. The average molecular weight is 221 g/mol. The first kappa shape index (κ1) is 11.4. The number of aryl methyl sites for hydroxylation is 2. The third kappa shape index (κ3) is 2.74. The molecule has 88 valence electrons. The molecule has 1 atom stereocenters. The molecule has 0 bridgehead atoms. The highest BCUT2D eigenvalue weighted by molar-refractivity contribution is 5.38. The van der Waals surface area contributed by atoms with Crippen LogP contribution >= 0.6 is 0 Å². The second kappa shape index (κ2) is 5.32. The largest absolute Gasteiger partial charge is 0.491 e. The van der Waals surface area contributed by atoms with Crippen LogP contribution in [-0.2, 0) is 12.8 Å². The quantitative estimate of drug-likeness (QED) is 0.787. The molecule has 3 N–H and O–H groups in total. The minimum absolute atomic E-state index is 0.329. The van der Waals surface area contributed by atoms with Gasteiger partial charge in [0.2, 0.25) is 0 Å². The highest BCUT2D eigenvalue weighted by Gasteiger charge is 2.11. The van der Waals surface area contributed by atoms with Crippen molar-refractivity contribution < 1.29 is 9.84 Å². The Bertz CT molecular complexity index is 352. The van der Waals surface area contributed by atoms with Gasteiger partial charge in [-0.3, -0.25) is 0 Å². The summed E-state index contributed by atoms with van der Waals surface area (Å²) in [5.41, 5.74) is 8.19. The molecule has 0 spiro atoms. The Labute approximate surface area is 96.2 Å². The van der Waals surface area contributed by atoms with Crippen LogP contribution in [0.15, 0.2) is 18.2 Å². The maximum Gasteiger partial charge on any atom is 0.119 e. The second-order valence-corrected chi connectivity index (χ2v) is 4.33. The molecule has 2 rings (SSSR count). The molecule has 1 aliphatic carbocycles. The Morgan fingerprint density at radius 3 is 2.94 bits per heavy atom. The van der Waals surface area contributed by atoms with Crippen molar-refractivity contribution in [1.29, 1.82) is 0 Å². The lowest BCUT2D eigenvalue weighted by molar-refractivity contribution is 0.102. The third-order valence-corrected chi connectivity index (χ3v) is 3.01. The van der Waals surface area contributed by atoms with Crippen LogP contribution < -0.4 is 10.5 Å². The number of aliphatic hydroxyl groups excluding tert-OH is 1. The first-order chi connectivity index (χ1) is 7.79. The van der Waals surface area contributed by atoms with Gasteiger partial charge in [-0.25, -0.2) is 0 Å². The van der Waals surface area contributed by atoms with E-state index >= 15 is 0 Å². The molecule has 16 heavy (non-hydrogen) atoms. The van der Waals surface area contributed by atoms with E-state index in [1.807, 2.05) is 6.07 Å². The fraction of sp³-hybridized carbons (Fsp3) is 0.538. The van der Waals surface area contributed by atoms with Crippen molar-refractivity contribution in [1.82, 2.24) is 0 Å². The number of fused-ring (bicyclic) bond motifs is 1. The fourth-order valence-electron chi connectivity index (χ4n) is 2.11. The molecule has 0 fully saturated rings. The molecule has 1 unspecified atom stereocenters. The summed E-state index contributed by atoms with van der Waals surface area (Å²) in [6, 6.07) is 6.21. The van der Waals surface area contributed by atoms with Gasteiger partial charge in [-0.2, -0.15) is 0 Å². The van der Waals surface area contributed by atoms with E-state index in [2.05, 4.69) is 12.1 Å². The smallest absolute Gasteiger partial charge is 0.119 e. The van der Waals surface area contributed by atoms with Crippen LogP contribution in [0.4, 0.5) is 0 Å². The molecule has 0 aromatic heterocycles. The SMILES string of the molecule is NCCC(O)COc1ccc2c(c1)CCC2. The van der Waals surface area contributed by atoms with E-state index in [4.69, 9.17) is 10.5 Å². The predicted octanol–water partition coefficient (Wildman–Crippen LogP) is 1.26. The molecular weight excluding hydrogens is 202 g/mol. The zero-order valence-electron chi connectivity index (χ0n) is 9.48. The van der Waals surface area contributed by atoms with Gasteiger partial charge < -0.3 is 15.6 Å². The first-order valence-electron chi connectivity index (χ1n) is 5.92. The van der Waals surface area contributed by atoms with E-state index in [0.29, 0.717) is 19.6 Å². The van der Waals surface area contributed by atoms with E-state index < -0.39 is 6.10 Å². The Balaban J connectivity index is 1.90. The molecule has 0 saturated heterocycles. The summed E-state index contributed by atoms with van der Waals surface area (Å²) in [6.07, 6.45) is 3.71. The molecule has 0 amide bonds. The molecule has 3 heteroatoms. The summed E-state index contributed by atoms with van der Waals surface area (Å²) in [4.78, 5) is 0. The molecule has 0 heterocycles. The topological polar surface area (TPSA) is 55.5 Å². The first-order valence-corrected chi connectivity index (χ1v) is 5.92. The summed E-state index contributed by atoms with van der Waals surface area (Å²) >= 11 is 0. The van der Waals surface area contributed by atoms with Crippen molar-refractivity contribution in [2.24, 2.45) is 5.73 Å². The maximum absolute atomic E-state index is 9.50. The van der Waals surface area contributed by atoms with Crippen molar-refractivity contribution >= 4 is 0 Å². The van der Waals surface area contributed by atoms with E-state index in [0.717, 1.165) is 12.2 Å². The van der Waals surface area contributed by atoms with Gasteiger partial charge in [-0.05, 0) is 55.5 Å². The average Bonchev–Trinajstić information content (AvgIpc) is 2.74. The zero-order valence-corrected chi connectivity index (χ0v) is 9.48. The normalized spacial score (nSPS) is 15.9. The van der Waals surface area contributed by atoms with Gasteiger partial charge in [0.05, 0.1) is 6.10 Å². The van der Waals surface area contributed by atoms with Crippen molar-refractivity contribution in [2.75, 3.05) is 13.2 Å². The molecule has 1 aromatic rings. The van der Waals surface area contributed by atoms with E-state index in [9.17, 15) is 5.11 Å². The van der Waals surface area contributed by atoms with Crippen LogP contribution in [0.5, 0.6) is 5.75 Å². The summed E-state index contributed by atoms with van der Waals surface area (Å²) in [6.45, 7) is 0.824. The van der Waals surface area contributed by atoms with Crippen LogP contribution in [0.2, 0.25) is 0 Å². The van der Waals surface area contributed by atoms with Gasteiger partial charge in [0, 0.05) is 0 Å². The third-order valence-electron chi connectivity index (χ3n) is 3.01. The highest BCUT2D eigenvalue weighted by atomic mass is 16.5. The standard InChI is InChI=1S/C13H19NO2/c14-7-6-12(15)9-16-13-5-4-10-2-1-3-11(10)8-13/h4-5,8,12,15H,1-3,6-7,9,14H2. The van der Waals surface area contributed by atoms with Crippen molar-refractivity contribution in [3.63, 3.8) is 0 Å². The maximum atomic E-state index is 9.50. The van der Waals surface area contributed by atoms with Crippen LogP contribution in [0.3, 0.4) is 0 Å². The summed E-state index contributed by atoms with van der Waals surface area (Å²) in [5.74, 6) is 0.858. The number of benzene rings is 1. The summed E-state index contributed by atoms with van der Waals surface area (Å²) < 4.78 is 5.54. The molecule has 3 nitrogen and oxygen atoms in total.